The fourth-order valence-electron chi connectivity index (χ4n) is 3.58. The first kappa shape index (κ1) is 10.5. The zero-order chi connectivity index (χ0) is 9.80. The highest BCUT2D eigenvalue weighted by atomic mass is 14.3. The van der Waals surface area contributed by atoms with Crippen LogP contribution in [0.4, 0.5) is 0 Å². The van der Waals surface area contributed by atoms with Gasteiger partial charge >= 0.3 is 0 Å². The summed E-state index contributed by atoms with van der Waals surface area (Å²) in [6.07, 6.45) is 15.3. The van der Waals surface area contributed by atoms with Crippen LogP contribution in [0.1, 0.15) is 71.1 Å². The maximum atomic E-state index is 2.37. The molecule has 0 nitrogen and oxygen atoms in total. The summed E-state index contributed by atoms with van der Waals surface area (Å²) in [7, 11) is 0. The lowest BCUT2D eigenvalue weighted by Gasteiger charge is -2.13. The molecule has 2 rings (SSSR count). The second kappa shape index (κ2) is 5.19. The highest BCUT2D eigenvalue weighted by molar-refractivity contribution is 4.76. The first-order valence-electron chi connectivity index (χ1n) is 6.88. The van der Waals surface area contributed by atoms with Gasteiger partial charge in [-0.2, -0.15) is 0 Å². The molecule has 2 atom stereocenters. The topological polar surface area (TPSA) is 0 Å². The zero-order valence-corrected chi connectivity index (χ0v) is 9.80. The number of hydrogen-bond acceptors (Lipinski definition) is 0. The molecule has 2 aliphatic carbocycles. The average molecular weight is 194 g/mol. The Bertz CT molecular complexity index is 155. The molecule has 0 saturated heterocycles. The van der Waals surface area contributed by atoms with Crippen LogP contribution in [0, 0.1) is 17.8 Å². The molecule has 2 saturated carbocycles. The number of rotatable bonds is 4. The molecule has 2 fully saturated rings. The van der Waals surface area contributed by atoms with Crippen molar-refractivity contribution >= 4 is 0 Å². The molecule has 2 unspecified atom stereocenters. The summed E-state index contributed by atoms with van der Waals surface area (Å²) in [5.41, 5.74) is 0. The predicted octanol–water partition coefficient (Wildman–Crippen LogP) is 4.78. The highest BCUT2D eigenvalue weighted by Crippen LogP contribution is 2.38. The molecule has 82 valence electrons. The smallest absolute Gasteiger partial charge is 0.0411 e. The molecular formula is C14H26. The number of hydrogen-bond donors (Lipinski definition) is 0. The molecule has 14 heavy (non-hydrogen) atoms. The Morgan fingerprint density at radius 1 is 0.786 bits per heavy atom. The van der Waals surface area contributed by atoms with Crippen molar-refractivity contribution in [3.05, 3.63) is 0 Å². The first-order chi connectivity index (χ1) is 6.88. The van der Waals surface area contributed by atoms with Crippen molar-refractivity contribution in [3.8, 4) is 0 Å². The van der Waals surface area contributed by atoms with Gasteiger partial charge in [0.1, 0.15) is 0 Å². The molecule has 0 bridgehead atoms. The van der Waals surface area contributed by atoms with Crippen molar-refractivity contribution in [2.45, 2.75) is 71.1 Å². The third-order valence-electron chi connectivity index (χ3n) is 4.69. The summed E-state index contributed by atoms with van der Waals surface area (Å²) >= 11 is 0. The van der Waals surface area contributed by atoms with Gasteiger partial charge < -0.3 is 0 Å². The van der Waals surface area contributed by atoms with E-state index in [2.05, 4.69) is 6.92 Å². The normalized spacial score (nSPS) is 34.1. The Morgan fingerprint density at radius 2 is 1.43 bits per heavy atom. The second-order valence-electron chi connectivity index (χ2n) is 5.68. The van der Waals surface area contributed by atoms with Crippen molar-refractivity contribution in [1.29, 1.82) is 0 Å². The van der Waals surface area contributed by atoms with Crippen LogP contribution in [-0.2, 0) is 0 Å². The lowest BCUT2D eigenvalue weighted by Crippen LogP contribution is -2.00. The minimum absolute atomic E-state index is 1.09. The summed E-state index contributed by atoms with van der Waals surface area (Å²) in [6.45, 7) is 2.37. The molecule has 0 heterocycles. The standard InChI is InChI=1S/C14H26/c1-2-12-7-9-14(11-12)10-8-13-5-3-4-6-13/h12-14H,2-11H2,1H3. The van der Waals surface area contributed by atoms with E-state index in [9.17, 15) is 0 Å². The Balaban J connectivity index is 1.61. The van der Waals surface area contributed by atoms with Gasteiger partial charge in [0, 0.05) is 0 Å². The Kier molecular flexibility index (Phi) is 3.89. The average Bonchev–Trinajstić information content (AvgIpc) is 2.86. The molecule has 0 aromatic heterocycles. The molecule has 0 aliphatic heterocycles. The zero-order valence-electron chi connectivity index (χ0n) is 9.80. The van der Waals surface area contributed by atoms with Crippen LogP contribution >= 0.6 is 0 Å². The van der Waals surface area contributed by atoms with Gasteiger partial charge in [0.2, 0.25) is 0 Å². The molecular weight excluding hydrogens is 168 g/mol. The van der Waals surface area contributed by atoms with Crippen LogP contribution in [0.3, 0.4) is 0 Å². The van der Waals surface area contributed by atoms with E-state index in [0.29, 0.717) is 0 Å². The van der Waals surface area contributed by atoms with Crippen LogP contribution < -0.4 is 0 Å². The minimum atomic E-state index is 1.09. The molecule has 2 aliphatic rings. The van der Waals surface area contributed by atoms with Crippen molar-refractivity contribution < 1.29 is 0 Å². The van der Waals surface area contributed by atoms with Gasteiger partial charge in [0.25, 0.3) is 0 Å². The van der Waals surface area contributed by atoms with Crippen LogP contribution in [0.5, 0.6) is 0 Å². The quantitative estimate of drug-likeness (QED) is 0.604. The Morgan fingerprint density at radius 3 is 2.07 bits per heavy atom. The third kappa shape index (κ3) is 2.74. The summed E-state index contributed by atoms with van der Waals surface area (Å²) in [5, 5.41) is 0. The Labute approximate surface area is 89.5 Å². The van der Waals surface area contributed by atoms with E-state index in [1.54, 1.807) is 38.5 Å². The van der Waals surface area contributed by atoms with E-state index in [-0.39, 0.29) is 0 Å². The molecule has 0 heteroatoms. The van der Waals surface area contributed by atoms with E-state index in [1.807, 2.05) is 0 Å². The molecule has 0 spiro atoms. The maximum Gasteiger partial charge on any atom is -0.0411 e. The van der Waals surface area contributed by atoms with Crippen LogP contribution in [-0.4, -0.2) is 0 Å². The lowest BCUT2D eigenvalue weighted by atomic mass is 9.93. The molecule has 0 N–H and O–H groups in total. The van der Waals surface area contributed by atoms with Gasteiger partial charge in [-0.15, -0.1) is 0 Å². The van der Waals surface area contributed by atoms with E-state index in [4.69, 9.17) is 0 Å². The molecule has 0 radical (unpaired) electrons. The molecule has 0 amide bonds. The largest absolute Gasteiger partial charge is 0.0651 e. The van der Waals surface area contributed by atoms with Crippen molar-refractivity contribution in [1.82, 2.24) is 0 Å². The van der Waals surface area contributed by atoms with Gasteiger partial charge in [0.15, 0.2) is 0 Å². The van der Waals surface area contributed by atoms with Crippen molar-refractivity contribution in [2.75, 3.05) is 0 Å². The van der Waals surface area contributed by atoms with Gasteiger partial charge in [-0.1, -0.05) is 64.7 Å². The van der Waals surface area contributed by atoms with Gasteiger partial charge in [-0.25, -0.2) is 0 Å². The van der Waals surface area contributed by atoms with Gasteiger partial charge in [0.05, 0.1) is 0 Å². The SMILES string of the molecule is CCC1CCC(CCC2CCCC2)C1. The summed E-state index contributed by atoms with van der Waals surface area (Å²) in [5.74, 6) is 3.32. The van der Waals surface area contributed by atoms with Crippen LogP contribution in [0.15, 0.2) is 0 Å². The van der Waals surface area contributed by atoms with E-state index in [0.717, 1.165) is 17.8 Å². The molecule has 0 aromatic rings. The van der Waals surface area contributed by atoms with Crippen molar-refractivity contribution in [3.63, 3.8) is 0 Å². The highest BCUT2D eigenvalue weighted by Gasteiger charge is 2.24. The molecule has 0 aromatic carbocycles. The monoisotopic (exact) mass is 194 g/mol. The van der Waals surface area contributed by atoms with Gasteiger partial charge in [-0.3, -0.25) is 0 Å². The van der Waals surface area contributed by atoms with E-state index in [1.165, 1.54) is 25.7 Å². The second-order valence-corrected chi connectivity index (χ2v) is 5.68. The van der Waals surface area contributed by atoms with Crippen molar-refractivity contribution in [2.24, 2.45) is 17.8 Å². The maximum absolute atomic E-state index is 2.37. The fourth-order valence-corrected chi connectivity index (χ4v) is 3.58. The van der Waals surface area contributed by atoms with E-state index < -0.39 is 0 Å². The summed E-state index contributed by atoms with van der Waals surface area (Å²) in [6, 6.07) is 0. The third-order valence-corrected chi connectivity index (χ3v) is 4.69. The van der Waals surface area contributed by atoms with Crippen LogP contribution in [0.25, 0.3) is 0 Å². The summed E-state index contributed by atoms with van der Waals surface area (Å²) < 4.78 is 0. The fraction of sp³-hybridized carbons (Fsp3) is 1.00. The first-order valence-corrected chi connectivity index (χ1v) is 6.88. The van der Waals surface area contributed by atoms with Crippen LogP contribution in [0.2, 0.25) is 0 Å². The summed E-state index contributed by atoms with van der Waals surface area (Å²) in [4.78, 5) is 0. The predicted molar refractivity (Wildman–Crippen MR) is 62.3 cm³/mol. The Hall–Kier alpha value is 0. The lowest BCUT2D eigenvalue weighted by molar-refractivity contribution is 0.389. The minimum Gasteiger partial charge on any atom is -0.0651 e. The van der Waals surface area contributed by atoms with Gasteiger partial charge in [-0.05, 0) is 24.2 Å². The van der Waals surface area contributed by atoms with E-state index >= 15 is 0 Å².